The lowest BCUT2D eigenvalue weighted by Gasteiger charge is -2.31. The molecule has 1 saturated carbocycles. The number of amides is 1. The fourth-order valence-electron chi connectivity index (χ4n) is 4.37. The molecule has 0 spiro atoms. The van der Waals surface area contributed by atoms with E-state index in [1.807, 2.05) is 0 Å². The van der Waals surface area contributed by atoms with Crippen LogP contribution in [-0.4, -0.2) is 39.2 Å². The summed E-state index contributed by atoms with van der Waals surface area (Å²) in [5, 5.41) is 10.9. The van der Waals surface area contributed by atoms with Crippen molar-refractivity contribution in [1.29, 1.82) is 0 Å². The molecule has 6 nitrogen and oxygen atoms in total. The highest BCUT2D eigenvalue weighted by Crippen LogP contribution is 2.35. The van der Waals surface area contributed by atoms with Gasteiger partial charge in [0.2, 0.25) is 0 Å². The first-order valence-corrected chi connectivity index (χ1v) is 11.4. The maximum absolute atomic E-state index is 13.4. The van der Waals surface area contributed by atoms with Gasteiger partial charge < -0.3 is 10.6 Å². The number of rotatable bonds is 6. The van der Waals surface area contributed by atoms with Crippen molar-refractivity contribution in [2.75, 3.05) is 5.32 Å². The summed E-state index contributed by atoms with van der Waals surface area (Å²) in [4.78, 5) is 16.5. The van der Waals surface area contributed by atoms with Gasteiger partial charge in [-0.2, -0.15) is 18.3 Å². The Morgan fingerprint density at radius 1 is 1.23 bits per heavy atom. The molecule has 2 N–H and O–H groups in total. The van der Waals surface area contributed by atoms with Gasteiger partial charge in [0.05, 0.1) is 16.8 Å². The van der Waals surface area contributed by atoms with E-state index in [1.165, 1.54) is 18.3 Å². The monoisotopic (exact) mass is 515 g/mol. The molecule has 35 heavy (non-hydrogen) atoms. The van der Waals surface area contributed by atoms with Crippen molar-refractivity contribution in [1.82, 2.24) is 20.1 Å². The van der Waals surface area contributed by atoms with E-state index in [2.05, 4.69) is 20.7 Å². The molecular formula is C23H23ClF5N5O. The average Bonchev–Trinajstić information content (AvgIpc) is 3.13. The number of aromatic nitrogens is 3. The first-order chi connectivity index (χ1) is 16.5. The van der Waals surface area contributed by atoms with Gasteiger partial charge in [-0.15, -0.1) is 0 Å². The number of fused-ring (bicyclic) bond motifs is 1. The number of nitrogens with zero attached hydrogens (tertiary/aromatic N) is 3. The van der Waals surface area contributed by atoms with E-state index in [4.69, 9.17) is 11.6 Å². The molecule has 2 atom stereocenters. The third-order valence-corrected chi connectivity index (χ3v) is 6.18. The lowest BCUT2D eigenvalue weighted by Crippen LogP contribution is -2.42. The van der Waals surface area contributed by atoms with Gasteiger partial charge >= 0.3 is 6.18 Å². The fraction of sp³-hybridized carbons (Fsp3) is 0.435. The molecule has 188 valence electrons. The highest BCUT2D eigenvalue weighted by Gasteiger charge is 2.34. The molecule has 0 bridgehead atoms. The van der Waals surface area contributed by atoms with Crippen molar-refractivity contribution >= 4 is 34.1 Å². The summed E-state index contributed by atoms with van der Waals surface area (Å²) < 4.78 is 66.5. The van der Waals surface area contributed by atoms with Crippen molar-refractivity contribution in [3.8, 4) is 0 Å². The van der Waals surface area contributed by atoms with Crippen LogP contribution in [0.5, 0.6) is 0 Å². The van der Waals surface area contributed by atoms with E-state index in [0.29, 0.717) is 35.4 Å². The van der Waals surface area contributed by atoms with Crippen LogP contribution in [0.15, 0.2) is 30.5 Å². The Labute approximate surface area is 202 Å². The summed E-state index contributed by atoms with van der Waals surface area (Å²) >= 11 is 6.07. The predicted octanol–water partition coefficient (Wildman–Crippen LogP) is 5.83. The molecule has 1 aliphatic carbocycles. The van der Waals surface area contributed by atoms with Gasteiger partial charge in [0.15, 0.2) is 0 Å². The number of anilines is 1. The number of hydrogen-bond donors (Lipinski definition) is 2. The second-order valence-electron chi connectivity index (χ2n) is 8.63. The zero-order valence-electron chi connectivity index (χ0n) is 18.7. The quantitative estimate of drug-likeness (QED) is 0.405. The average molecular weight is 516 g/mol. The Morgan fingerprint density at radius 2 is 1.97 bits per heavy atom. The molecule has 0 unspecified atom stereocenters. The zero-order chi connectivity index (χ0) is 25.3. The summed E-state index contributed by atoms with van der Waals surface area (Å²) in [6, 6.07) is 5.01. The summed E-state index contributed by atoms with van der Waals surface area (Å²) in [6.45, 7) is 0.966. The number of benzene rings is 1. The van der Waals surface area contributed by atoms with Crippen molar-refractivity contribution in [3.63, 3.8) is 0 Å². The Kier molecular flexibility index (Phi) is 7.16. The molecule has 4 rings (SSSR count). The molecule has 1 fully saturated rings. The standard InChI is InChI=1S/C23H23ClF5N5O/c1-12-17(10-34(33-12)11-21(25)26)22(35)31-15-4-2-3-14(8-15)30-19-9-20(23(27,28)29)32-18-6-5-13(24)7-16(18)19/h5-7,9-10,14-15,21H,2-4,8,11H2,1H3,(H,30,32)(H,31,35)/t14-,15+/m0/s1. The van der Waals surface area contributed by atoms with E-state index in [-0.39, 0.29) is 28.9 Å². The number of halogens is 6. The van der Waals surface area contributed by atoms with Crippen molar-refractivity contribution in [3.05, 3.63) is 52.4 Å². The number of carbonyl (C=O) groups is 1. The smallest absolute Gasteiger partial charge is 0.382 e. The zero-order valence-corrected chi connectivity index (χ0v) is 19.4. The van der Waals surface area contributed by atoms with Gasteiger partial charge in [0.25, 0.3) is 12.3 Å². The second kappa shape index (κ2) is 9.96. The lowest BCUT2D eigenvalue weighted by atomic mass is 9.90. The first kappa shape index (κ1) is 25.2. The Bertz CT molecular complexity index is 1230. The van der Waals surface area contributed by atoms with E-state index >= 15 is 0 Å². The topological polar surface area (TPSA) is 71.8 Å². The van der Waals surface area contributed by atoms with E-state index < -0.39 is 30.7 Å². The van der Waals surface area contributed by atoms with Crippen LogP contribution in [0.25, 0.3) is 10.9 Å². The van der Waals surface area contributed by atoms with Gasteiger partial charge in [-0.25, -0.2) is 13.8 Å². The number of nitrogens with one attached hydrogen (secondary N) is 2. The van der Waals surface area contributed by atoms with Crippen LogP contribution >= 0.6 is 11.6 Å². The number of pyridine rings is 1. The number of aryl methyl sites for hydroxylation is 1. The van der Waals surface area contributed by atoms with Gasteiger partial charge in [-0.1, -0.05) is 11.6 Å². The Balaban J connectivity index is 1.50. The minimum absolute atomic E-state index is 0.170. The predicted molar refractivity (Wildman–Crippen MR) is 122 cm³/mol. The fourth-order valence-corrected chi connectivity index (χ4v) is 4.55. The molecule has 0 saturated heterocycles. The van der Waals surface area contributed by atoms with Crippen molar-refractivity contribution < 1.29 is 26.7 Å². The molecule has 0 radical (unpaired) electrons. The highest BCUT2D eigenvalue weighted by atomic mass is 35.5. The maximum Gasteiger partial charge on any atom is 0.433 e. The number of alkyl halides is 5. The lowest BCUT2D eigenvalue weighted by molar-refractivity contribution is -0.140. The maximum atomic E-state index is 13.4. The van der Waals surface area contributed by atoms with Gasteiger partial charge in [-0.05, 0) is 56.9 Å². The van der Waals surface area contributed by atoms with Crippen LogP contribution in [0.2, 0.25) is 5.02 Å². The third-order valence-electron chi connectivity index (χ3n) is 5.95. The summed E-state index contributed by atoms with van der Waals surface area (Å²) in [6.07, 6.45) is -3.31. The minimum Gasteiger partial charge on any atom is -0.382 e. The van der Waals surface area contributed by atoms with Crippen LogP contribution in [0, 0.1) is 6.92 Å². The van der Waals surface area contributed by atoms with Crippen LogP contribution in [0.1, 0.15) is 47.4 Å². The first-order valence-electron chi connectivity index (χ1n) is 11.1. The summed E-state index contributed by atoms with van der Waals surface area (Å²) in [5.41, 5.74) is -0.0138. The van der Waals surface area contributed by atoms with E-state index in [9.17, 15) is 26.7 Å². The summed E-state index contributed by atoms with van der Waals surface area (Å²) in [5.74, 6) is -0.422. The van der Waals surface area contributed by atoms with E-state index in [0.717, 1.165) is 17.2 Å². The highest BCUT2D eigenvalue weighted by molar-refractivity contribution is 6.31. The molecule has 12 heteroatoms. The van der Waals surface area contributed by atoms with Crippen LogP contribution in [-0.2, 0) is 12.7 Å². The normalized spacial score (nSPS) is 18.7. The summed E-state index contributed by atoms with van der Waals surface area (Å²) in [7, 11) is 0. The van der Waals surface area contributed by atoms with E-state index in [1.54, 1.807) is 13.0 Å². The number of hydrogen-bond acceptors (Lipinski definition) is 4. The van der Waals surface area contributed by atoms with Crippen LogP contribution in [0.3, 0.4) is 0 Å². The Morgan fingerprint density at radius 3 is 2.69 bits per heavy atom. The molecular weight excluding hydrogens is 493 g/mol. The van der Waals surface area contributed by atoms with Crippen LogP contribution < -0.4 is 10.6 Å². The van der Waals surface area contributed by atoms with Crippen LogP contribution in [0.4, 0.5) is 27.6 Å². The van der Waals surface area contributed by atoms with Gasteiger partial charge in [0.1, 0.15) is 12.2 Å². The number of carbonyl (C=O) groups excluding carboxylic acids is 1. The van der Waals surface area contributed by atoms with Gasteiger partial charge in [0, 0.05) is 34.4 Å². The molecule has 1 aliphatic rings. The Hall–Kier alpha value is -2.95. The molecule has 2 aromatic heterocycles. The molecule has 2 heterocycles. The molecule has 1 aromatic carbocycles. The van der Waals surface area contributed by atoms with Crippen molar-refractivity contribution in [2.45, 2.75) is 63.8 Å². The minimum atomic E-state index is -4.61. The van der Waals surface area contributed by atoms with Gasteiger partial charge in [-0.3, -0.25) is 9.48 Å². The molecule has 0 aliphatic heterocycles. The third kappa shape index (κ3) is 6.01. The molecule has 3 aromatic rings. The second-order valence-corrected chi connectivity index (χ2v) is 9.07. The van der Waals surface area contributed by atoms with Crippen molar-refractivity contribution in [2.24, 2.45) is 0 Å². The molecule has 1 amide bonds. The largest absolute Gasteiger partial charge is 0.433 e. The SMILES string of the molecule is Cc1nn(CC(F)F)cc1C(=O)N[C@@H]1CCC[C@H](Nc2cc(C(F)(F)F)nc3ccc(Cl)cc23)C1.